The topological polar surface area (TPSA) is 68.0 Å². The second-order valence-corrected chi connectivity index (χ2v) is 5.61. The van der Waals surface area contributed by atoms with E-state index in [0.29, 0.717) is 16.3 Å². The van der Waals surface area contributed by atoms with E-state index in [2.05, 4.69) is 10.3 Å². The highest BCUT2D eigenvalue weighted by molar-refractivity contribution is 7.21. The van der Waals surface area contributed by atoms with E-state index >= 15 is 0 Å². The SMILES string of the molecule is Cc1ccc2c(N)c(C(=O)Nc3cccc(F)c3)sc2n1. The number of nitrogen functional groups attached to an aromatic ring is 1. The number of carbonyl (C=O) groups is 1. The third-order valence-electron chi connectivity index (χ3n) is 3.02. The van der Waals surface area contributed by atoms with Crippen LogP contribution in [0.15, 0.2) is 36.4 Å². The minimum atomic E-state index is -0.408. The molecule has 1 amide bonds. The number of anilines is 2. The Balaban J connectivity index is 1.96. The minimum absolute atomic E-state index is 0.362. The molecule has 0 spiro atoms. The van der Waals surface area contributed by atoms with Gasteiger partial charge in [0.05, 0.1) is 5.69 Å². The van der Waals surface area contributed by atoms with Crippen LogP contribution in [0.5, 0.6) is 0 Å². The van der Waals surface area contributed by atoms with Gasteiger partial charge in [0.1, 0.15) is 15.5 Å². The number of nitrogens with one attached hydrogen (secondary N) is 1. The number of fused-ring (bicyclic) bond motifs is 1. The lowest BCUT2D eigenvalue weighted by molar-refractivity contribution is 0.103. The summed E-state index contributed by atoms with van der Waals surface area (Å²) >= 11 is 1.23. The number of thiophene rings is 1. The van der Waals surface area contributed by atoms with Crippen molar-refractivity contribution in [3.63, 3.8) is 0 Å². The number of benzene rings is 1. The van der Waals surface area contributed by atoms with E-state index in [9.17, 15) is 9.18 Å². The summed E-state index contributed by atoms with van der Waals surface area (Å²) in [6.45, 7) is 1.88. The molecule has 2 heterocycles. The van der Waals surface area contributed by atoms with Crippen molar-refractivity contribution in [1.29, 1.82) is 0 Å². The summed E-state index contributed by atoms with van der Waals surface area (Å²) < 4.78 is 13.1. The summed E-state index contributed by atoms with van der Waals surface area (Å²) in [6.07, 6.45) is 0. The van der Waals surface area contributed by atoms with Crippen molar-refractivity contribution >= 4 is 38.8 Å². The van der Waals surface area contributed by atoms with Crippen LogP contribution in [0.4, 0.5) is 15.8 Å². The zero-order valence-electron chi connectivity index (χ0n) is 11.2. The molecule has 0 atom stereocenters. The molecule has 6 heteroatoms. The summed E-state index contributed by atoms with van der Waals surface area (Å²) in [6, 6.07) is 9.42. The van der Waals surface area contributed by atoms with E-state index in [4.69, 9.17) is 5.73 Å². The highest BCUT2D eigenvalue weighted by Gasteiger charge is 2.17. The first-order chi connectivity index (χ1) is 10.0. The van der Waals surface area contributed by atoms with E-state index < -0.39 is 5.82 Å². The average Bonchev–Trinajstić information content (AvgIpc) is 2.75. The fraction of sp³-hybridized carbons (Fsp3) is 0.0667. The average molecular weight is 301 g/mol. The molecule has 106 valence electrons. The van der Waals surface area contributed by atoms with Crippen LogP contribution in [-0.2, 0) is 0 Å². The van der Waals surface area contributed by atoms with Gasteiger partial charge in [-0.3, -0.25) is 4.79 Å². The Hall–Kier alpha value is -2.47. The van der Waals surface area contributed by atoms with Gasteiger partial charge in [0.25, 0.3) is 5.91 Å². The fourth-order valence-electron chi connectivity index (χ4n) is 2.01. The molecular weight excluding hydrogens is 289 g/mol. The lowest BCUT2D eigenvalue weighted by atomic mass is 10.2. The molecule has 2 aromatic heterocycles. The Morgan fingerprint density at radius 2 is 2.14 bits per heavy atom. The van der Waals surface area contributed by atoms with Crippen LogP contribution in [0.2, 0.25) is 0 Å². The number of rotatable bonds is 2. The molecule has 4 nitrogen and oxygen atoms in total. The Labute approximate surface area is 124 Å². The number of carbonyl (C=O) groups excluding carboxylic acids is 1. The third kappa shape index (κ3) is 2.57. The Morgan fingerprint density at radius 1 is 1.33 bits per heavy atom. The van der Waals surface area contributed by atoms with Gasteiger partial charge in [-0.05, 0) is 37.3 Å². The van der Waals surface area contributed by atoms with Crippen molar-refractivity contribution in [3.8, 4) is 0 Å². The van der Waals surface area contributed by atoms with Crippen LogP contribution in [0, 0.1) is 12.7 Å². The van der Waals surface area contributed by atoms with E-state index in [1.807, 2.05) is 19.1 Å². The Kier molecular flexibility index (Phi) is 3.31. The summed E-state index contributed by atoms with van der Waals surface area (Å²) in [7, 11) is 0. The predicted octanol–water partition coefficient (Wildman–Crippen LogP) is 3.58. The predicted molar refractivity (Wildman–Crippen MR) is 83.1 cm³/mol. The molecule has 0 saturated heterocycles. The van der Waals surface area contributed by atoms with Gasteiger partial charge in [0.15, 0.2) is 0 Å². The quantitative estimate of drug-likeness (QED) is 0.760. The van der Waals surface area contributed by atoms with Crippen molar-refractivity contribution in [3.05, 3.63) is 52.8 Å². The first-order valence-corrected chi connectivity index (χ1v) is 7.09. The van der Waals surface area contributed by atoms with Crippen LogP contribution >= 0.6 is 11.3 Å². The lowest BCUT2D eigenvalue weighted by Crippen LogP contribution is -2.12. The summed E-state index contributed by atoms with van der Waals surface area (Å²) in [5, 5.41) is 3.40. The van der Waals surface area contributed by atoms with Gasteiger partial charge >= 0.3 is 0 Å². The van der Waals surface area contributed by atoms with E-state index in [0.717, 1.165) is 15.9 Å². The molecule has 0 radical (unpaired) electrons. The van der Waals surface area contributed by atoms with Gasteiger partial charge in [0.2, 0.25) is 0 Å². The maximum absolute atomic E-state index is 13.1. The van der Waals surface area contributed by atoms with Crippen LogP contribution in [0.25, 0.3) is 10.2 Å². The molecule has 0 aliphatic carbocycles. The summed E-state index contributed by atoms with van der Waals surface area (Å²) in [5.74, 6) is -0.770. The zero-order valence-corrected chi connectivity index (χ0v) is 12.0. The number of halogens is 1. The highest BCUT2D eigenvalue weighted by Crippen LogP contribution is 2.33. The third-order valence-corrected chi connectivity index (χ3v) is 4.14. The van der Waals surface area contributed by atoms with E-state index in [1.54, 1.807) is 6.07 Å². The second-order valence-electron chi connectivity index (χ2n) is 4.61. The van der Waals surface area contributed by atoms with Crippen molar-refractivity contribution in [2.45, 2.75) is 6.92 Å². The van der Waals surface area contributed by atoms with Crippen molar-refractivity contribution in [2.75, 3.05) is 11.1 Å². The molecule has 21 heavy (non-hydrogen) atoms. The molecule has 0 fully saturated rings. The molecule has 3 rings (SSSR count). The first kappa shape index (κ1) is 13.5. The standard InChI is InChI=1S/C15H12FN3OS/c1-8-5-6-11-12(17)13(21-15(11)18-8)14(20)19-10-4-2-3-9(16)7-10/h2-7H,17H2,1H3,(H,19,20). The molecule has 3 aromatic rings. The maximum atomic E-state index is 13.1. The second kappa shape index (κ2) is 5.14. The molecule has 0 saturated carbocycles. The summed E-state index contributed by atoms with van der Waals surface area (Å²) in [4.78, 5) is 17.7. The van der Waals surface area contributed by atoms with Gasteiger partial charge in [-0.15, -0.1) is 11.3 Å². The van der Waals surface area contributed by atoms with Crippen molar-refractivity contribution in [2.24, 2.45) is 0 Å². The molecule has 0 aliphatic heterocycles. The van der Waals surface area contributed by atoms with Gasteiger partial charge in [0, 0.05) is 16.8 Å². The zero-order chi connectivity index (χ0) is 15.0. The number of amides is 1. The van der Waals surface area contributed by atoms with Crippen LogP contribution in [0.1, 0.15) is 15.4 Å². The number of aryl methyl sites for hydroxylation is 1. The van der Waals surface area contributed by atoms with Crippen LogP contribution in [0.3, 0.4) is 0 Å². The van der Waals surface area contributed by atoms with Gasteiger partial charge in [-0.2, -0.15) is 0 Å². The largest absolute Gasteiger partial charge is 0.397 e. The monoisotopic (exact) mass is 301 g/mol. The van der Waals surface area contributed by atoms with Crippen molar-refractivity contribution in [1.82, 2.24) is 4.98 Å². The lowest BCUT2D eigenvalue weighted by Gasteiger charge is -2.04. The maximum Gasteiger partial charge on any atom is 0.267 e. The van der Waals surface area contributed by atoms with Crippen LogP contribution in [-0.4, -0.2) is 10.9 Å². The molecule has 0 bridgehead atoms. The smallest absolute Gasteiger partial charge is 0.267 e. The summed E-state index contributed by atoms with van der Waals surface area (Å²) in [5.41, 5.74) is 7.66. The minimum Gasteiger partial charge on any atom is -0.397 e. The fourth-order valence-corrected chi connectivity index (χ4v) is 3.05. The van der Waals surface area contributed by atoms with E-state index in [-0.39, 0.29) is 5.91 Å². The number of pyridine rings is 1. The number of hydrogen-bond acceptors (Lipinski definition) is 4. The number of nitrogens with two attached hydrogens (primary N) is 1. The number of hydrogen-bond donors (Lipinski definition) is 2. The molecule has 0 aliphatic rings. The molecule has 3 N–H and O–H groups in total. The number of nitrogens with zero attached hydrogens (tertiary/aromatic N) is 1. The number of aromatic nitrogens is 1. The molecule has 1 aromatic carbocycles. The molecule has 0 unspecified atom stereocenters. The normalized spacial score (nSPS) is 10.8. The highest BCUT2D eigenvalue weighted by atomic mass is 32.1. The molecular formula is C15H12FN3OS. The van der Waals surface area contributed by atoms with Crippen molar-refractivity contribution < 1.29 is 9.18 Å². The van der Waals surface area contributed by atoms with E-state index in [1.165, 1.54) is 29.5 Å². The first-order valence-electron chi connectivity index (χ1n) is 6.27. The van der Waals surface area contributed by atoms with Gasteiger partial charge in [-0.25, -0.2) is 9.37 Å². The van der Waals surface area contributed by atoms with Crippen LogP contribution < -0.4 is 11.1 Å². The Morgan fingerprint density at radius 3 is 2.90 bits per heavy atom. The van der Waals surface area contributed by atoms with Gasteiger partial charge in [-0.1, -0.05) is 6.07 Å². The Bertz CT molecular complexity index is 844. The van der Waals surface area contributed by atoms with Gasteiger partial charge < -0.3 is 11.1 Å².